The van der Waals surface area contributed by atoms with Gasteiger partial charge >= 0.3 is 0 Å². The predicted molar refractivity (Wildman–Crippen MR) is 120 cm³/mol. The van der Waals surface area contributed by atoms with Crippen molar-refractivity contribution in [2.45, 2.75) is 58.1 Å². The lowest BCUT2D eigenvalue weighted by Gasteiger charge is -2.23. The van der Waals surface area contributed by atoms with Gasteiger partial charge in [-0.3, -0.25) is 4.79 Å². The second kappa shape index (κ2) is 11.6. The molecule has 1 aromatic heterocycles. The van der Waals surface area contributed by atoms with Crippen molar-refractivity contribution in [3.05, 3.63) is 17.8 Å². The molecule has 1 aliphatic heterocycles. The Kier molecular flexibility index (Phi) is 10.2. The van der Waals surface area contributed by atoms with Gasteiger partial charge in [0.15, 0.2) is 5.96 Å². The van der Waals surface area contributed by atoms with Crippen LogP contribution in [0.2, 0.25) is 0 Å². The molecular formula is C19H34IN5O3. The van der Waals surface area contributed by atoms with E-state index in [9.17, 15) is 4.79 Å². The Balaban J connectivity index is 0.00000392. The molecule has 0 bridgehead atoms. The number of carbonyl (C=O) groups is 1. The molecule has 160 valence electrons. The highest BCUT2D eigenvalue weighted by molar-refractivity contribution is 14.0. The summed E-state index contributed by atoms with van der Waals surface area (Å²) in [7, 11) is 3.43. The Hall–Kier alpha value is -1.36. The summed E-state index contributed by atoms with van der Waals surface area (Å²) in [5, 5.41) is 6.46. The Morgan fingerprint density at radius 3 is 2.64 bits per heavy atom. The van der Waals surface area contributed by atoms with Crippen molar-refractivity contribution in [3.8, 4) is 0 Å². The van der Waals surface area contributed by atoms with Gasteiger partial charge in [0.25, 0.3) is 0 Å². The number of nitrogens with zero attached hydrogens (tertiary/aromatic N) is 3. The molecule has 0 aromatic carbocycles. The minimum absolute atomic E-state index is 0. The van der Waals surface area contributed by atoms with Gasteiger partial charge in [-0.25, -0.2) is 9.98 Å². The number of aromatic nitrogens is 1. The number of hydrogen-bond acceptors (Lipinski definition) is 5. The third kappa shape index (κ3) is 8.34. The van der Waals surface area contributed by atoms with Crippen LogP contribution in [-0.2, 0) is 21.5 Å². The highest BCUT2D eigenvalue weighted by atomic mass is 127. The first-order valence-corrected chi connectivity index (χ1v) is 9.55. The number of amides is 1. The van der Waals surface area contributed by atoms with Gasteiger partial charge in [-0.05, 0) is 19.3 Å². The highest BCUT2D eigenvalue weighted by Gasteiger charge is 2.19. The number of halogens is 1. The Bertz CT molecular complexity index is 634. The lowest BCUT2D eigenvalue weighted by molar-refractivity contribution is -0.127. The van der Waals surface area contributed by atoms with Gasteiger partial charge in [-0.1, -0.05) is 20.8 Å². The van der Waals surface area contributed by atoms with E-state index >= 15 is 0 Å². The normalized spacial score (nSPS) is 17.6. The molecule has 9 heteroatoms. The number of aliphatic imine (C=N–C) groups is 1. The Morgan fingerprint density at radius 1 is 1.32 bits per heavy atom. The standard InChI is InChI=1S/C19H33N5O3.HI/c1-19(2,3)15-11-20-16(27-15)12-22-18(23-13-17(25)24(4)5)21-10-14-8-6-7-9-26-14;/h11,14H,6-10,12-13H2,1-5H3,(H2,21,22,23);1H. The summed E-state index contributed by atoms with van der Waals surface area (Å²) in [5.74, 6) is 1.91. The molecule has 8 nitrogen and oxygen atoms in total. The van der Waals surface area contributed by atoms with E-state index in [2.05, 4.69) is 41.4 Å². The van der Waals surface area contributed by atoms with E-state index in [-0.39, 0.29) is 47.9 Å². The summed E-state index contributed by atoms with van der Waals surface area (Å²) in [6.45, 7) is 8.16. The molecule has 1 saturated heterocycles. The summed E-state index contributed by atoms with van der Waals surface area (Å²) < 4.78 is 11.5. The number of ether oxygens (including phenoxy) is 1. The summed E-state index contributed by atoms with van der Waals surface area (Å²) in [4.78, 5) is 22.1. The Morgan fingerprint density at radius 2 is 2.07 bits per heavy atom. The van der Waals surface area contributed by atoms with Crippen LogP contribution in [0, 0.1) is 0 Å². The molecule has 2 N–H and O–H groups in total. The first-order chi connectivity index (χ1) is 12.8. The van der Waals surface area contributed by atoms with E-state index in [4.69, 9.17) is 9.15 Å². The average Bonchev–Trinajstić information content (AvgIpc) is 3.11. The number of guanidine groups is 1. The topological polar surface area (TPSA) is 92.0 Å². The number of carbonyl (C=O) groups excluding carboxylic acids is 1. The summed E-state index contributed by atoms with van der Waals surface area (Å²) in [6, 6.07) is 0. The third-order valence-electron chi connectivity index (χ3n) is 4.34. The third-order valence-corrected chi connectivity index (χ3v) is 4.34. The van der Waals surface area contributed by atoms with E-state index in [1.54, 1.807) is 20.3 Å². The molecule has 1 aliphatic rings. The maximum Gasteiger partial charge on any atom is 0.243 e. The zero-order chi connectivity index (χ0) is 19.9. The van der Waals surface area contributed by atoms with Gasteiger partial charge in [-0.2, -0.15) is 0 Å². The van der Waals surface area contributed by atoms with Crippen molar-refractivity contribution in [2.24, 2.45) is 4.99 Å². The Labute approximate surface area is 184 Å². The SMILES string of the molecule is CN(C)C(=O)CN=C(NCc1ncc(C(C)(C)C)o1)NCC1CCCCO1.I. The number of oxazole rings is 1. The molecule has 1 amide bonds. The number of hydrogen-bond donors (Lipinski definition) is 2. The fraction of sp³-hybridized carbons (Fsp3) is 0.737. The van der Waals surface area contributed by atoms with E-state index in [0.29, 0.717) is 24.9 Å². The van der Waals surface area contributed by atoms with E-state index in [1.165, 1.54) is 11.3 Å². The van der Waals surface area contributed by atoms with E-state index in [1.807, 2.05) is 0 Å². The molecule has 0 radical (unpaired) electrons. The molecule has 2 rings (SSSR count). The van der Waals surface area contributed by atoms with Crippen LogP contribution in [0.15, 0.2) is 15.6 Å². The number of likely N-dealkylation sites (N-methyl/N-ethyl adjacent to an activating group) is 1. The molecule has 0 saturated carbocycles. The fourth-order valence-electron chi connectivity index (χ4n) is 2.54. The summed E-state index contributed by atoms with van der Waals surface area (Å²) in [6.07, 6.45) is 5.26. The van der Waals surface area contributed by atoms with Crippen LogP contribution >= 0.6 is 24.0 Å². The molecule has 1 fully saturated rings. The minimum Gasteiger partial charge on any atom is -0.443 e. The largest absolute Gasteiger partial charge is 0.443 e. The van der Waals surface area contributed by atoms with Gasteiger partial charge in [0.2, 0.25) is 11.8 Å². The lowest BCUT2D eigenvalue weighted by Crippen LogP contribution is -2.43. The average molecular weight is 507 g/mol. The summed E-state index contributed by atoms with van der Waals surface area (Å²) >= 11 is 0. The quantitative estimate of drug-likeness (QED) is 0.349. The predicted octanol–water partition coefficient (Wildman–Crippen LogP) is 2.28. The van der Waals surface area contributed by atoms with Crippen molar-refractivity contribution in [1.82, 2.24) is 20.5 Å². The highest BCUT2D eigenvalue weighted by Crippen LogP contribution is 2.22. The second-order valence-electron chi connectivity index (χ2n) is 8.04. The zero-order valence-electron chi connectivity index (χ0n) is 17.6. The zero-order valence-corrected chi connectivity index (χ0v) is 19.9. The number of nitrogens with one attached hydrogen (secondary N) is 2. The van der Waals surface area contributed by atoms with Crippen LogP contribution in [0.5, 0.6) is 0 Å². The summed E-state index contributed by atoms with van der Waals surface area (Å²) in [5.41, 5.74) is -0.0864. The van der Waals surface area contributed by atoms with Gasteiger partial charge in [0.05, 0.1) is 18.8 Å². The van der Waals surface area contributed by atoms with Crippen molar-refractivity contribution in [1.29, 1.82) is 0 Å². The molecule has 28 heavy (non-hydrogen) atoms. The van der Waals surface area contributed by atoms with Crippen molar-refractivity contribution >= 4 is 35.8 Å². The molecule has 0 spiro atoms. The van der Waals surface area contributed by atoms with Gasteiger partial charge in [0, 0.05) is 32.7 Å². The fourth-order valence-corrected chi connectivity index (χ4v) is 2.54. The lowest BCUT2D eigenvalue weighted by atomic mass is 9.94. The second-order valence-corrected chi connectivity index (χ2v) is 8.04. The van der Waals surface area contributed by atoms with Crippen LogP contribution in [-0.4, -0.2) is 61.6 Å². The molecule has 2 heterocycles. The van der Waals surface area contributed by atoms with Crippen LogP contribution in [0.4, 0.5) is 0 Å². The van der Waals surface area contributed by atoms with E-state index in [0.717, 1.165) is 25.2 Å². The van der Waals surface area contributed by atoms with Crippen LogP contribution < -0.4 is 10.6 Å². The maximum absolute atomic E-state index is 11.8. The molecule has 1 atom stereocenters. The molecule has 1 unspecified atom stereocenters. The van der Waals surface area contributed by atoms with Crippen molar-refractivity contribution in [3.63, 3.8) is 0 Å². The van der Waals surface area contributed by atoms with Crippen LogP contribution in [0.25, 0.3) is 0 Å². The van der Waals surface area contributed by atoms with E-state index < -0.39 is 0 Å². The number of rotatable bonds is 6. The van der Waals surface area contributed by atoms with Gasteiger partial charge in [0.1, 0.15) is 12.3 Å². The smallest absolute Gasteiger partial charge is 0.243 e. The minimum atomic E-state index is -0.0864. The first-order valence-electron chi connectivity index (χ1n) is 9.55. The van der Waals surface area contributed by atoms with Crippen LogP contribution in [0.3, 0.4) is 0 Å². The van der Waals surface area contributed by atoms with Crippen molar-refractivity contribution < 1.29 is 13.9 Å². The van der Waals surface area contributed by atoms with Gasteiger partial charge < -0.3 is 24.7 Å². The first kappa shape index (κ1) is 24.7. The maximum atomic E-state index is 11.8. The van der Waals surface area contributed by atoms with Gasteiger partial charge in [-0.15, -0.1) is 24.0 Å². The molecule has 1 aromatic rings. The monoisotopic (exact) mass is 507 g/mol. The molecule has 0 aliphatic carbocycles. The van der Waals surface area contributed by atoms with Crippen LogP contribution in [0.1, 0.15) is 51.7 Å². The van der Waals surface area contributed by atoms with Crippen molar-refractivity contribution in [2.75, 3.05) is 33.8 Å². The molecular weight excluding hydrogens is 473 g/mol.